The molecule has 34 heavy (non-hydrogen) atoms. The lowest BCUT2D eigenvalue weighted by Gasteiger charge is -2.30. The van der Waals surface area contributed by atoms with E-state index in [-0.39, 0.29) is 23.8 Å². The molecule has 1 unspecified atom stereocenters. The number of hydrogen-bond acceptors (Lipinski definition) is 5. The Kier molecular flexibility index (Phi) is 8.16. The van der Waals surface area contributed by atoms with E-state index < -0.39 is 0 Å². The maximum Gasteiger partial charge on any atom is 0.236 e. The van der Waals surface area contributed by atoms with Crippen molar-refractivity contribution >= 4 is 29.3 Å². The van der Waals surface area contributed by atoms with E-state index in [1.54, 1.807) is 6.07 Å². The summed E-state index contributed by atoms with van der Waals surface area (Å²) in [5, 5.41) is 9.95. The number of fused-ring (bicyclic) bond motifs is 1. The van der Waals surface area contributed by atoms with E-state index in [2.05, 4.69) is 46.8 Å². The number of nitrogens with zero attached hydrogens (tertiary/aromatic N) is 4. The predicted octanol–water partition coefficient (Wildman–Crippen LogP) is 5.94. The van der Waals surface area contributed by atoms with Crippen LogP contribution in [0.25, 0.3) is 0 Å². The maximum atomic E-state index is 13.3. The van der Waals surface area contributed by atoms with Crippen LogP contribution in [0.1, 0.15) is 56.6 Å². The number of thioether (sulfide) groups is 1. The highest BCUT2D eigenvalue weighted by Gasteiger charge is 2.28. The molecule has 8 heteroatoms. The normalized spacial score (nSPS) is 14.2. The molecule has 1 aliphatic heterocycles. The number of ether oxygens (including phenoxy) is 1. The summed E-state index contributed by atoms with van der Waals surface area (Å²) in [5.74, 6) is 1.49. The molecule has 2 aromatic carbocycles. The molecule has 0 saturated heterocycles. The van der Waals surface area contributed by atoms with Gasteiger partial charge in [-0.15, -0.1) is 10.2 Å². The number of aromatic nitrogens is 3. The summed E-state index contributed by atoms with van der Waals surface area (Å²) < 4.78 is 8.09. The molecule has 2 heterocycles. The van der Waals surface area contributed by atoms with Crippen LogP contribution in [-0.4, -0.2) is 37.4 Å². The van der Waals surface area contributed by atoms with Crippen LogP contribution in [0.5, 0.6) is 5.75 Å². The Morgan fingerprint density at radius 3 is 2.53 bits per heavy atom. The number of carbonyl (C=O) groups is 1. The summed E-state index contributed by atoms with van der Waals surface area (Å²) in [6.45, 7) is 7.94. The van der Waals surface area contributed by atoms with Crippen molar-refractivity contribution in [3.05, 3.63) is 70.5 Å². The molecule has 0 radical (unpaired) electrons. The fourth-order valence-electron chi connectivity index (χ4n) is 4.36. The third kappa shape index (κ3) is 5.41. The van der Waals surface area contributed by atoms with Crippen LogP contribution >= 0.6 is 23.4 Å². The first-order valence-electron chi connectivity index (χ1n) is 11.8. The van der Waals surface area contributed by atoms with Crippen LogP contribution < -0.4 is 4.74 Å². The Bertz CT molecular complexity index is 1130. The average Bonchev–Trinajstić information content (AvgIpc) is 3.25. The first kappa shape index (κ1) is 24.6. The van der Waals surface area contributed by atoms with Gasteiger partial charge >= 0.3 is 0 Å². The Morgan fingerprint density at radius 1 is 1.09 bits per heavy atom. The summed E-state index contributed by atoms with van der Waals surface area (Å²) in [4.78, 5) is 15.3. The second-order valence-electron chi connectivity index (χ2n) is 8.50. The molecular formula is C26H31ClN4O2S. The van der Waals surface area contributed by atoms with E-state index >= 15 is 0 Å². The van der Waals surface area contributed by atoms with Crippen molar-refractivity contribution in [1.29, 1.82) is 0 Å². The van der Waals surface area contributed by atoms with Gasteiger partial charge in [0.1, 0.15) is 12.4 Å². The SMILES string of the molecule is CCC(CC)n1c(COc2ccccc2Cl)nnc1SC(C)C(=O)N1CCc2ccccc2C1. The molecule has 6 nitrogen and oxygen atoms in total. The van der Waals surface area contributed by atoms with Crippen LogP contribution in [0.3, 0.4) is 0 Å². The number of amides is 1. The average molecular weight is 499 g/mol. The highest BCUT2D eigenvalue weighted by atomic mass is 35.5. The Morgan fingerprint density at radius 2 is 1.79 bits per heavy atom. The van der Waals surface area contributed by atoms with Crippen molar-refractivity contribution in [3.8, 4) is 5.75 Å². The van der Waals surface area contributed by atoms with Crippen molar-refractivity contribution in [2.75, 3.05) is 6.54 Å². The van der Waals surface area contributed by atoms with Crippen molar-refractivity contribution in [2.45, 2.75) is 69.6 Å². The van der Waals surface area contributed by atoms with Gasteiger partial charge in [0.25, 0.3) is 0 Å². The lowest BCUT2D eigenvalue weighted by molar-refractivity contribution is -0.131. The maximum absolute atomic E-state index is 13.3. The van der Waals surface area contributed by atoms with Gasteiger partial charge in [0, 0.05) is 19.1 Å². The molecule has 1 amide bonds. The van der Waals surface area contributed by atoms with E-state index in [4.69, 9.17) is 16.3 Å². The molecule has 0 saturated carbocycles. The van der Waals surface area contributed by atoms with Crippen LogP contribution in [-0.2, 0) is 24.4 Å². The van der Waals surface area contributed by atoms with Gasteiger partial charge in [-0.25, -0.2) is 0 Å². The van der Waals surface area contributed by atoms with E-state index in [0.29, 0.717) is 17.3 Å². The van der Waals surface area contributed by atoms with Gasteiger partial charge in [-0.1, -0.05) is 73.6 Å². The van der Waals surface area contributed by atoms with E-state index in [0.717, 1.165) is 36.8 Å². The quantitative estimate of drug-likeness (QED) is 0.342. The van der Waals surface area contributed by atoms with Crippen LogP contribution in [0.15, 0.2) is 53.7 Å². The Balaban J connectivity index is 1.49. The summed E-state index contributed by atoms with van der Waals surface area (Å²) in [5.41, 5.74) is 2.57. The first-order valence-corrected chi connectivity index (χ1v) is 13.1. The summed E-state index contributed by atoms with van der Waals surface area (Å²) in [6, 6.07) is 16.0. The summed E-state index contributed by atoms with van der Waals surface area (Å²) in [6.07, 6.45) is 2.77. The van der Waals surface area contributed by atoms with Crippen LogP contribution in [0.2, 0.25) is 5.02 Å². The molecule has 4 rings (SSSR count). The minimum Gasteiger partial charge on any atom is -0.484 e. The van der Waals surface area contributed by atoms with Crippen LogP contribution in [0, 0.1) is 0 Å². The van der Waals surface area contributed by atoms with E-state index in [9.17, 15) is 4.79 Å². The second-order valence-corrected chi connectivity index (χ2v) is 10.2. The highest BCUT2D eigenvalue weighted by molar-refractivity contribution is 8.00. The van der Waals surface area contributed by atoms with Crippen molar-refractivity contribution in [1.82, 2.24) is 19.7 Å². The number of carbonyl (C=O) groups excluding carboxylic acids is 1. The molecule has 0 fully saturated rings. The monoisotopic (exact) mass is 498 g/mol. The zero-order valence-corrected chi connectivity index (χ0v) is 21.5. The molecule has 0 N–H and O–H groups in total. The summed E-state index contributed by atoms with van der Waals surface area (Å²) in [7, 11) is 0. The Labute approximate surface area is 210 Å². The second kappa shape index (κ2) is 11.3. The smallest absolute Gasteiger partial charge is 0.236 e. The van der Waals surface area contributed by atoms with Gasteiger partial charge in [-0.05, 0) is 49.4 Å². The summed E-state index contributed by atoms with van der Waals surface area (Å²) >= 11 is 7.72. The van der Waals surface area contributed by atoms with Gasteiger partial charge in [-0.3, -0.25) is 4.79 Å². The third-order valence-corrected chi connectivity index (χ3v) is 7.67. The largest absolute Gasteiger partial charge is 0.484 e. The molecule has 1 aromatic heterocycles. The molecule has 180 valence electrons. The third-order valence-electron chi connectivity index (χ3n) is 6.31. The molecule has 1 aliphatic rings. The molecule has 1 atom stereocenters. The van der Waals surface area contributed by atoms with Gasteiger partial charge < -0.3 is 14.2 Å². The zero-order valence-electron chi connectivity index (χ0n) is 19.9. The minimum absolute atomic E-state index is 0.132. The van der Waals surface area contributed by atoms with Crippen molar-refractivity contribution in [2.24, 2.45) is 0 Å². The predicted molar refractivity (Wildman–Crippen MR) is 136 cm³/mol. The topological polar surface area (TPSA) is 60.2 Å². The van der Waals surface area contributed by atoms with Gasteiger partial charge in [0.2, 0.25) is 5.91 Å². The standard InChI is InChI=1S/C26H31ClN4O2S/c1-4-21(5-2)31-24(17-33-23-13-9-8-12-22(23)27)28-29-26(31)34-18(3)25(32)30-15-14-19-10-6-7-11-20(19)16-30/h6-13,18,21H,4-5,14-17H2,1-3H3. The molecular weight excluding hydrogens is 468 g/mol. The minimum atomic E-state index is -0.264. The number of para-hydroxylation sites is 1. The zero-order chi connectivity index (χ0) is 24.1. The first-order chi connectivity index (χ1) is 16.5. The van der Waals surface area contributed by atoms with Crippen LogP contribution in [0.4, 0.5) is 0 Å². The fourth-order valence-corrected chi connectivity index (χ4v) is 5.57. The van der Waals surface area contributed by atoms with Gasteiger partial charge in [-0.2, -0.15) is 0 Å². The van der Waals surface area contributed by atoms with Crippen molar-refractivity contribution in [3.63, 3.8) is 0 Å². The molecule has 0 aliphatic carbocycles. The number of halogens is 1. The number of hydrogen-bond donors (Lipinski definition) is 0. The molecule has 0 bridgehead atoms. The Hall–Kier alpha value is -2.51. The van der Waals surface area contributed by atoms with E-state index in [1.165, 1.54) is 22.9 Å². The lowest BCUT2D eigenvalue weighted by atomic mass is 10.00. The number of rotatable bonds is 9. The lowest BCUT2D eigenvalue weighted by Crippen LogP contribution is -2.40. The highest BCUT2D eigenvalue weighted by Crippen LogP contribution is 2.31. The van der Waals surface area contributed by atoms with Gasteiger partial charge in [0.05, 0.1) is 10.3 Å². The number of benzene rings is 2. The fraction of sp³-hybridized carbons (Fsp3) is 0.423. The molecule has 0 spiro atoms. The molecule has 3 aromatic rings. The van der Waals surface area contributed by atoms with Gasteiger partial charge in [0.15, 0.2) is 11.0 Å². The van der Waals surface area contributed by atoms with E-state index in [1.807, 2.05) is 36.1 Å². The van der Waals surface area contributed by atoms with Crippen molar-refractivity contribution < 1.29 is 9.53 Å².